The molecule has 8 heteroatoms. The second-order valence-electron chi connectivity index (χ2n) is 4.67. The van der Waals surface area contributed by atoms with Crippen molar-refractivity contribution >= 4 is 39.9 Å². The zero-order valence-corrected chi connectivity index (χ0v) is 14.2. The van der Waals surface area contributed by atoms with Crippen molar-refractivity contribution in [3.63, 3.8) is 0 Å². The first kappa shape index (κ1) is 17.2. The van der Waals surface area contributed by atoms with Crippen LogP contribution >= 0.6 is 12.6 Å². The minimum Gasteiger partial charge on any atom is -0.495 e. The summed E-state index contributed by atoms with van der Waals surface area (Å²) < 4.78 is 32.5. The first-order valence-electron chi connectivity index (χ1n) is 6.60. The molecule has 122 valence electrons. The summed E-state index contributed by atoms with van der Waals surface area (Å²) in [6, 6.07) is 10.9. The number of anilines is 2. The first-order valence-corrected chi connectivity index (χ1v) is 8.53. The Balaban J connectivity index is 2.33. The van der Waals surface area contributed by atoms with Crippen molar-refractivity contribution in [2.24, 2.45) is 0 Å². The summed E-state index contributed by atoms with van der Waals surface area (Å²) in [4.78, 5) is 11.4. The monoisotopic (exact) mass is 352 g/mol. The van der Waals surface area contributed by atoms with Crippen LogP contribution in [0.1, 0.15) is 6.92 Å². The molecule has 0 unspecified atom stereocenters. The maximum absolute atomic E-state index is 12.5. The Bertz CT molecular complexity index is 835. The topological polar surface area (TPSA) is 84.5 Å². The van der Waals surface area contributed by atoms with E-state index in [-0.39, 0.29) is 10.8 Å². The van der Waals surface area contributed by atoms with Crippen LogP contribution in [0.4, 0.5) is 11.4 Å². The minimum atomic E-state index is -3.81. The molecule has 0 saturated carbocycles. The Kier molecular flexibility index (Phi) is 5.17. The number of para-hydroxylation sites is 2. The lowest BCUT2D eigenvalue weighted by atomic mass is 10.3. The zero-order valence-electron chi connectivity index (χ0n) is 12.5. The summed E-state index contributed by atoms with van der Waals surface area (Å²) >= 11 is 4.21. The van der Waals surface area contributed by atoms with Gasteiger partial charge in [-0.2, -0.15) is 0 Å². The molecule has 1 amide bonds. The molecule has 0 heterocycles. The van der Waals surface area contributed by atoms with E-state index in [0.717, 1.165) is 0 Å². The lowest BCUT2D eigenvalue weighted by Crippen LogP contribution is -2.14. The lowest BCUT2D eigenvalue weighted by Gasteiger charge is -2.13. The maximum atomic E-state index is 12.5. The van der Waals surface area contributed by atoms with Crippen molar-refractivity contribution < 1.29 is 17.9 Å². The maximum Gasteiger partial charge on any atom is 0.262 e. The Morgan fingerprint density at radius 1 is 1.13 bits per heavy atom. The van der Waals surface area contributed by atoms with Crippen molar-refractivity contribution in [2.75, 3.05) is 17.1 Å². The van der Waals surface area contributed by atoms with Gasteiger partial charge in [0, 0.05) is 11.8 Å². The average Bonchev–Trinajstić information content (AvgIpc) is 2.49. The van der Waals surface area contributed by atoms with Crippen LogP contribution in [0, 0.1) is 0 Å². The van der Waals surface area contributed by atoms with Gasteiger partial charge in [-0.25, -0.2) is 8.42 Å². The average molecular weight is 352 g/mol. The van der Waals surface area contributed by atoms with E-state index in [1.54, 1.807) is 24.3 Å². The molecule has 6 nitrogen and oxygen atoms in total. The predicted molar refractivity (Wildman–Crippen MR) is 91.8 cm³/mol. The fourth-order valence-electron chi connectivity index (χ4n) is 1.91. The van der Waals surface area contributed by atoms with E-state index in [9.17, 15) is 13.2 Å². The molecule has 2 N–H and O–H groups in total. The Hall–Kier alpha value is -2.19. The fourth-order valence-corrected chi connectivity index (χ4v) is 3.36. The van der Waals surface area contributed by atoms with Gasteiger partial charge >= 0.3 is 0 Å². The molecule has 0 radical (unpaired) electrons. The molecule has 0 fully saturated rings. The van der Waals surface area contributed by atoms with E-state index in [2.05, 4.69) is 22.7 Å². The number of ether oxygens (including phenoxy) is 1. The number of methoxy groups -OCH3 is 1. The van der Waals surface area contributed by atoms with Crippen molar-refractivity contribution in [3.05, 3.63) is 42.5 Å². The van der Waals surface area contributed by atoms with E-state index in [0.29, 0.717) is 22.0 Å². The number of benzene rings is 2. The summed E-state index contributed by atoms with van der Waals surface area (Å²) in [5.74, 6) is 0.153. The third kappa shape index (κ3) is 4.17. The van der Waals surface area contributed by atoms with Crippen molar-refractivity contribution in [3.8, 4) is 5.75 Å². The molecule has 0 atom stereocenters. The highest BCUT2D eigenvalue weighted by atomic mass is 32.2. The highest BCUT2D eigenvalue weighted by Gasteiger charge is 2.17. The van der Waals surface area contributed by atoms with Gasteiger partial charge in [0.1, 0.15) is 5.75 Å². The van der Waals surface area contributed by atoms with Crippen molar-refractivity contribution in [1.82, 2.24) is 0 Å². The van der Waals surface area contributed by atoms with Gasteiger partial charge in [0.2, 0.25) is 5.91 Å². The second-order valence-corrected chi connectivity index (χ2v) is 6.83. The molecule has 2 rings (SSSR count). The van der Waals surface area contributed by atoms with Crippen LogP contribution in [0.3, 0.4) is 0 Å². The second kappa shape index (κ2) is 6.93. The molecule has 0 spiro atoms. The van der Waals surface area contributed by atoms with Crippen LogP contribution in [-0.4, -0.2) is 21.4 Å². The predicted octanol–water partition coefficient (Wildman–Crippen LogP) is 2.74. The van der Waals surface area contributed by atoms with Crippen LogP contribution in [0.25, 0.3) is 0 Å². The molecule has 0 aliphatic carbocycles. The zero-order chi connectivity index (χ0) is 17.0. The molecule has 0 saturated heterocycles. The van der Waals surface area contributed by atoms with Crippen molar-refractivity contribution in [1.29, 1.82) is 0 Å². The van der Waals surface area contributed by atoms with E-state index in [1.807, 2.05) is 0 Å². The Morgan fingerprint density at radius 2 is 1.83 bits per heavy atom. The molecular weight excluding hydrogens is 336 g/mol. The smallest absolute Gasteiger partial charge is 0.262 e. The number of amides is 1. The van der Waals surface area contributed by atoms with Gasteiger partial charge in [-0.05, 0) is 30.3 Å². The molecule has 0 bridgehead atoms. The van der Waals surface area contributed by atoms with Gasteiger partial charge < -0.3 is 10.1 Å². The van der Waals surface area contributed by atoms with Crippen LogP contribution in [0.2, 0.25) is 0 Å². The highest BCUT2D eigenvalue weighted by molar-refractivity contribution is 7.92. The van der Waals surface area contributed by atoms with Crippen LogP contribution in [0.5, 0.6) is 5.75 Å². The van der Waals surface area contributed by atoms with E-state index < -0.39 is 10.0 Å². The molecule has 2 aromatic carbocycles. The van der Waals surface area contributed by atoms with Crippen LogP contribution in [-0.2, 0) is 14.8 Å². The largest absolute Gasteiger partial charge is 0.495 e. The molecule has 23 heavy (non-hydrogen) atoms. The number of carbonyl (C=O) groups is 1. The summed E-state index contributed by atoms with van der Waals surface area (Å²) in [6.07, 6.45) is 0. The van der Waals surface area contributed by atoms with Crippen molar-refractivity contribution in [2.45, 2.75) is 16.7 Å². The number of rotatable bonds is 5. The van der Waals surface area contributed by atoms with Crippen LogP contribution in [0.15, 0.2) is 52.3 Å². The van der Waals surface area contributed by atoms with Gasteiger partial charge in [0.15, 0.2) is 0 Å². The third-order valence-corrected chi connectivity index (χ3v) is 4.67. The molecule has 0 aliphatic heterocycles. The number of hydrogen-bond acceptors (Lipinski definition) is 5. The molecule has 2 aromatic rings. The minimum absolute atomic E-state index is 0.0301. The summed E-state index contributed by atoms with van der Waals surface area (Å²) in [6.45, 7) is 1.36. The van der Waals surface area contributed by atoms with E-state index >= 15 is 0 Å². The van der Waals surface area contributed by atoms with Gasteiger partial charge in [-0.1, -0.05) is 12.1 Å². The fraction of sp³-hybridized carbons (Fsp3) is 0.133. The first-order chi connectivity index (χ1) is 10.8. The van der Waals surface area contributed by atoms with Gasteiger partial charge in [0.05, 0.1) is 23.4 Å². The molecule has 0 aromatic heterocycles. The highest BCUT2D eigenvalue weighted by Crippen LogP contribution is 2.28. The number of carbonyl (C=O) groups excluding carboxylic acids is 1. The summed E-state index contributed by atoms with van der Waals surface area (Å²) in [5, 5.41) is 2.57. The number of nitrogens with one attached hydrogen (secondary N) is 2. The summed E-state index contributed by atoms with van der Waals surface area (Å²) in [7, 11) is -2.35. The van der Waals surface area contributed by atoms with E-state index in [1.165, 1.54) is 32.2 Å². The number of sulfonamides is 1. The Labute approximate surface area is 140 Å². The lowest BCUT2D eigenvalue weighted by molar-refractivity contribution is -0.114. The SMILES string of the molecule is COc1ccccc1NS(=O)(=O)c1ccc(NC(C)=O)c(S)c1. The standard InChI is InChI=1S/C15H16N2O4S2/c1-10(18)16-13-8-7-11(9-15(13)22)23(19,20)17-12-5-3-4-6-14(12)21-2/h3-9,17,22H,1-2H3,(H,16,18). The van der Waals surface area contributed by atoms with E-state index in [4.69, 9.17) is 4.74 Å². The molecular formula is C15H16N2O4S2. The quantitative estimate of drug-likeness (QED) is 0.723. The number of hydrogen-bond donors (Lipinski definition) is 3. The Morgan fingerprint density at radius 3 is 2.43 bits per heavy atom. The van der Waals surface area contributed by atoms with Gasteiger partial charge in [0.25, 0.3) is 10.0 Å². The molecule has 0 aliphatic rings. The number of thiol groups is 1. The van der Waals surface area contributed by atoms with Gasteiger partial charge in [-0.15, -0.1) is 12.6 Å². The van der Waals surface area contributed by atoms with Crippen LogP contribution < -0.4 is 14.8 Å². The summed E-state index contributed by atoms with van der Waals surface area (Å²) in [5.41, 5.74) is 0.777. The normalized spacial score (nSPS) is 10.9. The third-order valence-electron chi connectivity index (χ3n) is 2.94. The van der Waals surface area contributed by atoms with Gasteiger partial charge in [-0.3, -0.25) is 9.52 Å².